The normalized spacial score (nSPS) is 26.6. The van der Waals surface area contributed by atoms with Crippen LogP contribution >= 0.6 is 0 Å². The third-order valence-electron chi connectivity index (χ3n) is 1.25. The Balaban J connectivity index is 2.29. The Bertz CT molecular complexity index is 90.7. The Morgan fingerprint density at radius 1 is 1.62 bits per heavy atom. The van der Waals surface area contributed by atoms with Crippen LogP contribution in [0.4, 0.5) is 0 Å². The number of hydrogen-bond donors (Lipinski definition) is 0. The van der Waals surface area contributed by atoms with E-state index in [-0.39, 0.29) is 6.23 Å². The van der Waals surface area contributed by atoms with Gasteiger partial charge < -0.3 is 4.74 Å². The van der Waals surface area contributed by atoms with E-state index in [1.54, 1.807) is 6.26 Å². The van der Waals surface area contributed by atoms with Crippen molar-refractivity contribution in [2.45, 2.75) is 12.6 Å². The molecule has 1 heterocycles. The van der Waals surface area contributed by atoms with Crippen molar-refractivity contribution in [3.63, 3.8) is 0 Å². The van der Waals surface area contributed by atoms with E-state index in [2.05, 4.69) is 4.90 Å². The molecule has 2 heteroatoms. The highest BCUT2D eigenvalue weighted by atomic mass is 16.5. The molecule has 0 amide bonds. The van der Waals surface area contributed by atoms with Gasteiger partial charge in [-0.15, -0.1) is 0 Å². The lowest BCUT2D eigenvalue weighted by Gasteiger charge is -2.17. The molecule has 0 spiro atoms. The second-order valence-corrected chi connectivity index (χ2v) is 2.16. The first-order chi connectivity index (χ1) is 3.80. The van der Waals surface area contributed by atoms with E-state index in [0.717, 1.165) is 6.42 Å². The molecule has 0 N–H and O–H groups in total. The number of hydrogen-bond acceptors (Lipinski definition) is 2. The van der Waals surface area contributed by atoms with Crippen molar-refractivity contribution in [3.8, 4) is 0 Å². The SMILES string of the molecule is CN(C)C1CC=CO1. The van der Waals surface area contributed by atoms with Crippen LogP contribution in [-0.4, -0.2) is 25.2 Å². The Hall–Kier alpha value is -0.500. The fraction of sp³-hybridized carbons (Fsp3) is 0.667. The fourth-order valence-corrected chi connectivity index (χ4v) is 0.706. The summed E-state index contributed by atoms with van der Waals surface area (Å²) in [7, 11) is 4.02. The fourth-order valence-electron chi connectivity index (χ4n) is 0.706. The molecule has 0 saturated carbocycles. The van der Waals surface area contributed by atoms with Gasteiger partial charge in [0.05, 0.1) is 6.26 Å². The van der Waals surface area contributed by atoms with Crippen molar-refractivity contribution in [3.05, 3.63) is 12.3 Å². The van der Waals surface area contributed by atoms with Crippen LogP contribution in [0.2, 0.25) is 0 Å². The average Bonchev–Trinajstić information content (AvgIpc) is 2.12. The zero-order valence-electron chi connectivity index (χ0n) is 5.29. The van der Waals surface area contributed by atoms with Gasteiger partial charge in [-0.1, -0.05) is 0 Å². The minimum absolute atomic E-state index is 0.287. The first-order valence-corrected chi connectivity index (χ1v) is 2.77. The smallest absolute Gasteiger partial charge is 0.154 e. The van der Waals surface area contributed by atoms with E-state index in [1.165, 1.54) is 0 Å². The summed E-state index contributed by atoms with van der Waals surface area (Å²) in [6.45, 7) is 0. The van der Waals surface area contributed by atoms with Crippen LogP contribution in [0.1, 0.15) is 6.42 Å². The van der Waals surface area contributed by atoms with Crippen molar-refractivity contribution in [2.75, 3.05) is 14.1 Å². The van der Waals surface area contributed by atoms with Crippen molar-refractivity contribution in [1.29, 1.82) is 0 Å². The molecular weight excluding hydrogens is 102 g/mol. The van der Waals surface area contributed by atoms with Crippen molar-refractivity contribution in [2.24, 2.45) is 0 Å². The Labute approximate surface area is 49.7 Å². The third-order valence-corrected chi connectivity index (χ3v) is 1.25. The first-order valence-electron chi connectivity index (χ1n) is 2.77. The van der Waals surface area contributed by atoms with Crippen molar-refractivity contribution in [1.82, 2.24) is 4.90 Å². The van der Waals surface area contributed by atoms with Gasteiger partial charge >= 0.3 is 0 Å². The Kier molecular flexibility index (Phi) is 1.53. The number of rotatable bonds is 1. The van der Waals surface area contributed by atoms with Gasteiger partial charge in [0.1, 0.15) is 0 Å². The maximum Gasteiger partial charge on any atom is 0.154 e. The third kappa shape index (κ3) is 1.01. The summed E-state index contributed by atoms with van der Waals surface area (Å²) in [5.41, 5.74) is 0. The highest BCUT2D eigenvalue weighted by molar-refractivity contribution is 4.84. The standard InChI is InChI=1S/C6H11NO/c1-7(2)6-4-3-5-8-6/h3,5-6H,4H2,1-2H3. The molecule has 8 heavy (non-hydrogen) atoms. The summed E-state index contributed by atoms with van der Waals surface area (Å²) >= 11 is 0. The van der Waals surface area contributed by atoms with Crippen LogP contribution in [0, 0.1) is 0 Å². The lowest BCUT2D eigenvalue weighted by molar-refractivity contribution is 0.0447. The molecule has 0 radical (unpaired) electrons. The van der Waals surface area contributed by atoms with Crippen LogP contribution in [0.5, 0.6) is 0 Å². The van der Waals surface area contributed by atoms with Gasteiger partial charge in [0.2, 0.25) is 0 Å². The molecule has 0 fully saturated rings. The molecule has 1 aliphatic heterocycles. The van der Waals surface area contributed by atoms with Crippen molar-refractivity contribution < 1.29 is 4.74 Å². The molecule has 46 valence electrons. The van der Waals surface area contributed by atoms with E-state index in [0.29, 0.717) is 0 Å². The van der Waals surface area contributed by atoms with E-state index < -0.39 is 0 Å². The quantitative estimate of drug-likeness (QED) is 0.499. The van der Waals surface area contributed by atoms with E-state index in [1.807, 2.05) is 20.2 Å². The second-order valence-electron chi connectivity index (χ2n) is 2.16. The lowest BCUT2D eigenvalue weighted by atomic mass is 10.4. The molecule has 0 saturated heterocycles. The lowest BCUT2D eigenvalue weighted by Crippen LogP contribution is -2.26. The molecule has 1 rings (SSSR count). The number of nitrogens with zero attached hydrogens (tertiary/aromatic N) is 1. The topological polar surface area (TPSA) is 12.5 Å². The summed E-state index contributed by atoms with van der Waals surface area (Å²) in [6, 6.07) is 0. The van der Waals surface area contributed by atoms with Crippen LogP contribution in [0.25, 0.3) is 0 Å². The van der Waals surface area contributed by atoms with Gasteiger partial charge in [0.15, 0.2) is 6.23 Å². The minimum Gasteiger partial charge on any atom is -0.483 e. The maximum absolute atomic E-state index is 5.16. The zero-order chi connectivity index (χ0) is 5.98. The van der Waals surface area contributed by atoms with Crippen LogP contribution < -0.4 is 0 Å². The van der Waals surface area contributed by atoms with Gasteiger partial charge in [-0.2, -0.15) is 0 Å². The Morgan fingerprint density at radius 3 is 2.62 bits per heavy atom. The molecule has 0 aromatic heterocycles. The molecule has 0 aromatic rings. The van der Waals surface area contributed by atoms with Crippen LogP contribution in [-0.2, 0) is 4.74 Å². The summed E-state index contributed by atoms with van der Waals surface area (Å²) in [4.78, 5) is 2.06. The maximum atomic E-state index is 5.16. The predicted octanol–water partition coefficient (Wildman–Crippen LogP) is 0.808. The first kappa shape index (κ1) is 5.63. The molecule has 0 aliphatic carbocycles. The molecule has 1 unspecified atom stereocenters. The molecule has 0 aromatic carbocycles. The largest absolute Gasteiger partial charge is 0.483 e. The van der Waals surface area contributed by atoms with Crippen LogP contribution in [0.3, 0.4) is 0 Å². The average molecular weight is 113 g/mol. The van der Waals surface area contributed by atoms with Gasteiger partial charge in [-0.25, -0.2) is 0 Å². The minimum atomic E-state index is 0.287. The summed E-state index contributed by atoms with van der Waals surface area (Å²) in [6.07, 6.45) is 5.09. The Morgan fingerprint density at radius 2 is 2.38 bits per heavy atom. The van der Waals surface area contributed by atoms with Gasteiger partial charge in [0, 0.05) is 6.42 Å². The molecule has 1 atom stereocenters. The van der Waals surface area contributed by atoms with Crippen molar-refractivity contribution >= 4 is 0 Å². The predicted molar refractivity (Wildman–Crippen MR) is 32.3 cm³/mol. The molecule has 0 bridgehead atoms. The molecular formula is C6H11NO. The summed E-state index contributed by atoms with van der Waals surface area (Å²) in [5, 5.41) is 0. The van der Waals surface area contributed by atoms with Gasteiger partial charge in [-0.3, -0.25) is 4.90 Å². The highest BCUT2D eigenvalue weighted by Crippen LogP contribution is 2.09. The van der Waals surface area contributed by atoms with E-state index in [4.69, 9.17) is 4.74 Å². The molecule has 1 aliphatic rings. The highest BCUT2D eigenvalue weighted by Gasteiger charge is 2.11. The monoisotopic (exact) mass is 113 g/mol. The zero-order valence-corrected chi connectivity index (χ0v) is 5.29. The van der Waals surface area contributed by atoms with Gasteiger partial charge in [0.25, 0.3) is 0 Å². The molecule has 2 nitrogen and oxygen atoms in total. The number of ether oxygens (including phenoxy) is 1. The van der Waals surface area contributed by atoms with E-state index in [9.17, 15) is 0 Å². The van der Waals surface area contributed by atoms with E-state index >= 15 is 0 Å². The van der Waals surface area contributed by atoms with Gasteiger partial charge in [-0.05, 0) is 20.2 Å². The van der Waals surface area contributed by atoms with Crippen LogP contribution in [0.15, 0.2) is 12.3 Å². The summed E-state index contributed by atoms with van der Waals surface area (Å²) in [5.74, 6) is 0. The second kappa shape index (κ2) is 2.18. The summed E-state index contributed by atoms with van der Waals surface area (Å²) < 4.78 is 5.16.